The van der Waals surface area contributed by atoms with E-state index in [1.165, 1.54) is 16.3 Å². The van der Waals surface area contributed by atoms with Gasteiger partial charge >= 0.3 is 0 Å². The van der Waals surface area contributed by atoms with Crippen molar-refractivity contribution in [1.82, 2.24) is 9.55 Å². The van der Waals surface area contributed by atoms with Crippen LogP contribution in [0.25, 0.3) is 0 Å². The zero-order valence-corrected chi connectivity index (χ0v) is 18.0. The smallest absolute Gasteiger partial charge is 0.111 e. The molecule has 3 aromatic rings. The Labute approximate surface area is 173 Å². The molecule has 4 heteroatoms. The minimum Gasteiger partial charge on any atom is -0.326 e. The van der Waals surface area contributed by atoms with Gasteiger partial charge in [-0.25, -0.2) is 4.98 Å². The van der Waals surface area contributed by atoms with Crippen LogP contribution in [-0.4, -0.2) is 23.2 Å². The number of benzene rings is 2. The second-order valence-electron chi connectivity index (χ2n) is 7.14. The maximum absolute atomic E-state index is 5.41. The van der Waals surface area contributed by atoms with Gasteiger partial charge in [0.05, 0.1) is 11.5 Å². The molecule has 0 fully saturated rings. The molecule has 1 aliphatic rings. The standard InChI is InChI=1S/C24H24N2SSi/c1-2-28(23-15-13-22(27)14-16-23)24(26-18-17-25-19-26,20-9-5-3-6-10-20)21-11-7-4-8-12-21/h3-13,15-19,28H,2,14H2,1H3. The summed E-state index contributed by atoms with van der Waals surface area (Å²) in [5.41, 5.74) is 2.64. The molecule has 0 saturated heterocycles. The molecule has 1 aliphatic carbocycles. The molecule has 1 aromatic heterocycles. The highest BCUT2D eigenvalue weighted by Gasteiger charge is 2.45. The van der Waals surface area contributed by atoms with Gasteiger partial charge in [0.1, 0.15) is 8.80 Å². The van der Waals surface area contributed by atoms with Crippen molar-refractivity contribution < 1.29 is 0 Å². The number of rotatable bonds is 6. The molecular formula is C24H24N2SSi. The van der Waals surface area contributed by atoms with Crippen LogP contribution < -0.4 is 0 Å². The van der Waals surface area contributed by atoms with Crippen molar-refractivity contribution in [2.45, 2.75) is 24.6 Å². The minimum atomic E-state index is -1.58. The van der Waals surface area contributed by atoms with Crippen LogP contribution in [0.5, 0.6) is 0 Å². The summed E-state index contributed by atoms with van der Waals surface area (Å²) in [6.45, 7) is 2.33. The van der Waals surface area contributed by atoms with Crippen molar-refractivity contribution >= 4 is 25.9 Å². The Morgan fingerprint density at radius 2 is 1.64 bits per heavy atom. The highest BCUT2D eigenvalue weighted by Crippen LogP contribution is 2.41. The first-order chi connectivity index (χ1) is 13.8. The predicted octanol–water partition coefficient (Wildman–Crippen LogP) is 5.26. The fraction of sp³-hybridized carbons (Fsp3) is 0.167. The van der Waals surface area contributed by atoms with Gasteiger partial charge in [-0.05, 0) is 17.2 Å². The van der Waals surface area contributed by atoms with Gasteiger partial charge in [0.25, 0.3) is 0 Å². The summed E-state index contributed by atoms with van der Waals surface area (Å²) in [7, 11) is -1.58. The van der Waals surface area contributed by atoms with Crippen LogP contribution in [0.1, 0.15) is 24.5 Å². The van der Waals surface area contributed by atoms with Gasteiger partial charge in [-0.15, -0.1) is 0 Å². The van der Waals surface area contributed by atoms with E-state index in [9.17, 15) is 0 Å². The molecule has 0 amide bonds. The summed E-state index contributed by atoms with van der Waals surface area (Å²) in [5, 5.41) is 1.22. The van der Waals surface area contributed by atoms with E-state index in [-0.39, 0.29) is 5.16 Å². The second-order valence-corrected chi connectivity index (χ2v) is 11.1. The molecule has 140 valence electrons. The predicted molar refractivity (Wildman–Crippen MR) is 123 cm³/mol. The van der Waals surface area contributed by atoms with Crippen LogP contribution in [-0.2, 0) is 5.16 Å². The van der Waals surface area contributed by atoms with E-state index in [0.29, 0.717) is 0 Å². The Morgan fingerprint density at radius 1 is 1.00 bits per heavy atom. The zero-order valence-electron chi connectivity index (χ0n) is 16.0. The van der Waals surface area contributed by atoms with Crippen LogP contribution in [0.15, 0.2) is 103 Å². The molecule has 0 radical (unpaired) electrons. The highest BCUT2D eigenvalue weighted by molar-refractivity contribution is 7.80. The van der Waals surface area contributed by atoms with E-state index in [0.717, 1.165) is 17.3 Å². The lowest BCUT2D eigenvalue weighted by atomic mass is 9.97. The summed E-state index contributed by atoms with van der Waals surface area (Å²) >= 11 is 5.41. The van der Waals surface area contributed by atoms with E-state index in [1.54, 1.807) is 0 Å². The molecule has 4 rings (SSSR count). The van der Waals surface area contributed by atoms with Gasteiger partial charge in [0.2, 0.25) is 0 Å². The number of hydrogen-bond donors (Lipinski definition) is 0. The summed E-state index contributed by atoms with van der Waals surface area (Å²) < 4.78 is 2.33. The summed E-state index contributed by atoms with van der Waals surface area (Å²) in [4.78, 5) is 5.45. The van der Waals surface area contributed by atoms with Crippen LogP contribution >= 0.6 is 12.2 Å². The molecule has 2 nitrogen and oxygen atoms in total. The molecular weight excluding hydrogens is 376 g/mol. The Bertz CT molecular complexity index is 952. The third kappa shape index (κ3) is 3.23. The summed E-state index contributed by atoms with van der Waals surface area (Å²) in [6, 6.07) is 22.9. The average molecular weight is 401 g/mol. The fourth-order valence-electron chi connectivity index (χ4n) is 4.47. The lowest BCUT2D eigenvalue weighted by molar-refractivity contribution is 0.582. The maximum Gasteiger partial charge on any atom is 0.111 e. The Morgan fingerprint density at radius 3 is 2.11 bits per heavy atom. The third-order valence-electron chi connectivity index (χ3n) is 5.65. The van der Waals surface area contributed by atoms with E-state index >= 15 is 0 Å². The van der Waals surface area contributed by atoms with Crippen LogP contribution in [0, 0.1) is 0 Å². The number of aromatic nitrogens is 2. The zero-order chi connectivity index (χ0) is 19.4. The molecule has 0 bridgehead atoms. The molecule has 2 aromatic carbocycles. The van der Waals surface area contributed by atoms with Crippen LogP contribution in [0.4, 0.5) is 0 Å². The molecule has 1 unspecified atom stereocenters. The molecule has 28 heavy (non-hydrogen) atoms. The van der Waals surface area contributed by atoms with Crippen molar-refractivity contribution in [2.24, 2.45) is 0 Å². The van der Waals surface area contributed by atoms with E-state index in [2.05, 4.69) is 102 Å². The number of thiocarbonyl (C=S) groups is 1. The van der Waals surface area contributed by atoms with Gasteiger partial charge < -0.3 is 4.57 Å². The lowest BCUT2D eigenvalue weighted by Gasteiger charge is -2.43. The van der Waals surface area contributed by atoms with Crippen molar-refractivity contribution in [2.75, 3.05) is 0 Å². The van der Waals surface area contributed by atoms with Crippen molar-refractivity contribution in [3.05, 3.63) is 114 Å². The highest BCUT2D eigenvalue weighted by atomic mass is 32.1. The van der Waals surface area contributed by atoms with Gasteiger partial charge in [0, 0.05) is 23.7 Å². The first-order valence-corrected chi connectivity index (χ1v) is 12.1. The van der Waals surface area contributed by atoms with Gasteiger partial charge in [0.15, 0.2) is 0 Å². The second kappa shape index (κ2) is 8.21. The molecule has 1 atom stereocenters. The molecule has 0 aliphatic heterocycles. The largest absolute Gasteiger partial charge is 0.326 e. The van der Waals surface area contributed by atoms with Gasteiger partial charge in [-0.3, -0.25) is 0 Å². The molecule has 0 saturated carbocycles. The normalized spacial score (nSPS) is 15.3. The summed E-state index contributed by atoms with van der Waals surface area (Å²) in [6.07, 6.45) is 13.6. The number of nitrogens with zero attached hydrogens (tertiary/aromatic N) is 2. The van der Waals surface area contributed by atoms with Gasteiger partial charge in [-0.2, -0.15) is 0 Å². The summed E-state index contributed by atoms with van der Waals surface area (Å²) in [5.74, 6) is 0. The Kier molecular flexibility index (Phi) is 5.51. The van der Waals surface area contributed by atoms with Crippen LogP contribution in [0.2, 0.25) is 6.04 Å². The first-order valence-electron chi connectivity index (χ1n) is 9.77. The van der Waals surface area contributed by atoms with Gasteiger partial charge in [-0.1, -0.05) is 103 Å². The maximum atomic E-state index is 5.41. The number of imidazole rings is 1. The van der Waals surface area contributed by atoms with E-state index < -0.39 is 8.80 Å². The number of allylic oxidation sites excluding steroid dienone is 4. The fourth-order valence-corrected chi connectivity index (χ4v) is 8.60. The minimum absolute atomic E-state index is 0.247. The van der Waals surface area contributed by atoms with Crippen molar-refractivity contribution in [3.8, 4) is 0 Å². The number of hydrogen-bond acceptors (Lipinski definition) is 2. The molecule has 0 spiro atoms. The monoisotopic (exact) mass is 400 g/mol. The molecule has 1 heterocycles. The Balaban J connectivity index is 2.03. The SMILES string of the molecule is CC[SiH](C1=CCC(=S)C=C1)C(c1ccccc1)(c1ccccc1)n1ccnc1. The topological polar surface area (TPSA) is 17.8 Å². The first kappa shape index (κ1) is 18.8. The Hall–Kier alpha value is -2.56. The average Bonchev–Trinajstić information content (AvgIpc) is 3.29. The van der Waals surface area contributed by atoms with Crippen molar-refractivity contribution in [3.63, 3.8) is 0 Å². The van der Waals surface area contributed by atoms with Crippen molar-refractivity contribution in [1.29, 1.82) is 0 Å². The third-order valence-corrected chi connectivity index (χ3v) is 9.98. The van der Waals surface area contributed by atoms with E-state index in [1.807, 2.05) is 12.5 Å². The quantitative estimate of drug-likeness (QED) is 0.415. The molecule has 0 N–H and O–H groups in total. The van der Waals surface area contributed by atoms with Crippen LogP contribution in [0.3, 0.4) is 0 Å². The lowest BCUT2D eigenvalue weighted by Crippen LogP contribution is -2.50. The van der Waals surface area contributed by atoms with E-state index in [4.69, 9.17) is 12.2 Å².